The van der Waals surface area contributed by atoms with Crippen LogP contribution in [-0.4, -0.2) is 48.5 Å². The van der Waals surface area contributed by atoms with E-state index < -0.39 is 29.9 Å². The van der Waals surface area contributed by atoms with E-state index in [9.17, 15) is 22.8 Å². The summed E-state index contributed by atoms with van der Waals surface area (Å²) in [5, 5.41) is 5.75. The van der Waals surface area contributed by atoms with Gasteiger partial charge >= 0.3 is 6.36 Å². The Morgan fingerprint density at radius 3 is 2.55 bits per heavy atom. The van der Waals surface area contributed by atoms with Crippen LogP contribution in [0.5, 0.6) is 5.75 Å². The lowest BCUT2D eigenvalue weighted by Crippen LogP contribution is -2.62. The number of rotatable bonds is 7. The lowest BCUT2D eigenvalue weighted by Gasteiger charge is -2.32. The predicted molar refractivity (Wildman–Crippen MR) is 104 cm³/mol. The SMILES string of the molecule is CC(=O)NC(NC(C)(C)CN)C(=O)N(C)c1nc2ccc(OC(F)(F)F)cc2s1. The van der Waals surface area contributed by atoms with Crippen molar-refractivity contribution in [3.63, 3.8) is 0 Å². The number of hydrogen-bond donors (Lipinski definition) is 3. The van der Waals surface area contributed by atoms with E-state index in [4.69, 9.17) is 5.73 Å². The Hall–Kier alpha value is -2.44. The van der Waals surface area contributed by atoms with Crippen molar-refractivity contribution in [1.82, 2.24) is 15.6 Å². The number of carbonyl (C=O) groups is 2. The molecule has 12 heteroatoms. The molecule has 0 aliphatic carbocycles. The van der Waals surface area contributed by atoms with Crippen LogP contribution in [0.15, 0.2) is 18.2 Å². The van der Waals surface area contributed by atoms with Crippen LogP contribution in [0.1, 0.15) is 20.8 Å². The number of carbonyl (C=O) groups excluding carboxylic acids is 2. The summed E-state index contributed by atoms with van der Waals surface area (Å²) in [5.74, 6) is -1.31. The monoisotopic (exact) mass is 433 g/mol. The van der Waals surface area contributed by atoms with Gasteiger partial charge in [0.15, 0.2) is 11.3 Å². The Morgan fingerprint density at radius 2 is 2.00 bits per heavy atom. The third-order valence-corrected chi connectivity index (χ3v) is 4.93. The van der Waals surface area contributed by atoms with Crippen molar-refractivity contribution in [3.8, 4) is 5.75 Å². The molecule has 1 aromatic heterocycles. The van der Waals surface area contributed by atoms with Crippen LogP contribution in [-0.2, 0) is 9.59 Å². The Bertz CT molecular complexity index is 900. The van der Waals surface area contributed by atoms with Gasteiger partial charge in [-0.2, -0.15) is 0 Å². The molecule has 1 aromatic carbocycles. The second-order valence-corrected chi connectivity index (χ2v) is 7.95. The van der Waals surface area contributed by atoms with Gasteiger partial charge in [-0.15, -0.1) is 13.2 Å². The molecule has 0 fully saturated rings. The second kappa shape index (κ2) is 8.51. The molecule has 29 heavy (non-hydrogen) atoms. The van der Waals surface area contributed by atoms with Crippen molar-refractivity contribution < 1.29 is 27.5 Å². The number of benzene rings is 1. The van der Waals surface area contributed by atoms with Gasteiger partial charge in [0, 0.05) is 32.1 Å². The summed E-state index contributed by atoms with van der Waals surface area (Å²) < 4.78 is 41.5. The number of ether oxygens (including phenoxy) is 1. The number of alkyl halides is 3. The third kappa shape index (κ3) is 6.27. The van der Waals surface area contributed by atoms with Gasteiger partial charge in [0.2, 0.25) is 5.91 Å². The van der Waals surface area contributed by atoms with E-state index in [0.29, 0.717) is 10.2 Å². The highest BCUT2D eigenvalue weighted by molar-refractivity contribution is 7.22. The molecule has 4 N–H and O–H groups in total. The van der Waals surface area contributed by atoms with E-state index in [1.165, 1.54) is 31.0 Å². The van der Waals surface area contributed by atoms with Crippen LogP contribution in [0.4, 0.5) is 18.3 Å². The Morgan fingerprint density at radius 1 is 1.34 bits per heavy atom. The molecule has 0 aliphatic heterocycles. The lowest BCUT2D eigenvalue weighted by molar-refractivity contribution is -0.274. The number of anilines is 1. The third-order valence-electron chi connectivity index (χ3n) is 3.84. The van der Waals surface area contributed by atoms with E-state index in [2.05, 4.69) is 20.4 Å². The smallest absolute Gasteiger partial charge is 0.406 e. The van der Waals surface area contributed by atoms with E-state index in [1.54, 1.807) is 13.8 Å². The molecule has 160 valence electrons. The summed E-state index contributed by atoms with van der Waals surface area (Å²) in [5.41, 5.74) is 5.45. The largest absolute Gasteiger partial charge is 0.573 e. The molecule has 0 radical (unpaired) electrons. The van der Waals surface area contributed by atoms with Gasteiger partial charge in [-0.05, 0) is 26.0 Å². The van der Waals surface area contributed by atoms with Crippen LogP contribution in [0.3, 0.4) is 0 Å². The highest BCUT2D eigenvalue weighted by Crippen LogP contribution is 2.33. The zero-order valence-corrected chi connectivity index (χ0v) is 17.1. The molecule has 8 nitrogen and oxygen atoms in total. The highest BCUT2D eigenvalue weighted by atomic mass is 32.1. The van der Waals surface area contributed by atoms with Crippen molar-refractivity contribution >= 4 is 38.5 Å². The number of hydrogen-bond acceptors (Lipinski definition) is 7. The molecule has 0 saturated heterocycles. The fourth-order valence-electron chi connectivity index (χ4n) is 2.33. The molecule has 1 unspecified atom stereocenters. The number of thiazole rings is 1. The first-order chi connectivity index (χ1) is 13.3. The van der Waals surface area contributed by atoms with Gasteiger partial charge in [-0.1, -0.05) is 11.3 Å². The maximum atomic E-state index is 12.9. The number of fused-ring (bicyclic) bond motifs is 1. The number of aromatic nitrogens is 1. The summed E-state index contributed by atoms with van der Waals surface area (Å²) in [6.45, 7) is 5.03. The number of nitrogens with zero attached hydrogens (tertiary/aromatic N) is 2. The number of likely N-dealkylation sites (N-methyl/N-ethyl adjacent to an activating group) is 1. The maximum Gasteiger partial charge on any atom is 0.573 e. The minimum atomic E-state index is -4.80. The molecule has 2 rings (SSSR count). The average Bonchev–Trinajstić information content (AvgIpc) is 3.01. The molecule has 1 heterocycles. The van der Waals surface area contributed by atoms with Crippen LogP contribution in [0.25, 0.3) is 10.2 Å². The van der Waals surface area contributed by atoms with E-state index in [1.807, 2.05) is 0 Å². The first kappa shape index (κ1) is 22.8. The molecular formula is C17H22F3N5O3S. The van der Waals surface area contributed by atoms with Crippen molar-refractivity contribution in [2.45, 2.75) is 38.8 Å². The highest BCUT2D eigenvalue weighted by Gasteiger charge is 2.32. The van der Waals surface area contributed by atoms with Crippen LogP contribution in [0, 0.1) is 0 Å². The zero-order chi connectivity index (χ0) is 22.0. The summed E-state index contributed by atoms with van der Waals surface area (Å²) in [7, 11) is 1.46. The van der Waals surface area contributed by atoms with Gasteiger partial charge in [0.25, 0.3) is 5.91 Å². The topological polar surface area (TPSA) is 110 Å². The molecule has 0 bridgehead atoms. The van der Waals surface area contributed by atoms with E-state index in [-0.39, 0.29) is 17.4 Å². The van der Waals surface area contributed by atoms with Crippen LogP contribution < -0.4 is 26.0 Å². The molecule has 0 aliphatic rings. The fraction of sp³-hybridized carbons (Fsp3) is 0.471. The molecular weight excluding hydrogens is 411 g/mol. The summed E-state index contributed by atoms with van der Waals surface area (Å²) in [6.07, 6.45) is -5.87. The summed E-state index contributed by atoms with van der Waals surface area (Å²) in [4.78, 5) is 29.9. The summed E-state index contributed by atoms with van der Waals surface area (Å²) in [6, 6.07) is 3.71. The van der Waals surface area contributed by atoms with Crippen molar-refractivity contribution in [2.24, 2.45) is 5.73 Å². The molecule has 0 saturated carbocycles. The predicted octanol–water partition coefficient (Wildman–Crippen LogP) is 1.95. The van der Waals surface area contributed by atoms with Crippen molar-refractivity contribution in [3.05, 3.63) is 18.2 Å². The normalized spacial score (nSPS) is 13.2. The lowest BCUT2D eigenvalue weighted by atomic mass is 10.1. The van der Waals surface area contributed by atoms with Gasteiger partial charge in [0.05, 0.1) is 10.2 Å². The first-order valence-corrected chi connectivity index (χ1v) is 9.32. The van der Waals surface area contributed by atoms with Crippen LogP contribution in [0.2, 0.25) is 0 Å². The van der Waals surface area contributed by atoms with Gasteiger partial charge in [-0.25, -0.2) is 4.98 Å². The fourth-order valence-corrected chi connectivity index (χ4v) is 3.29. The summed E-state index contributed by atoms with van der Waals surface area (Å²) >= 11 is 1.02. The second-order valence-electron chi connectivity index (χ2n) is 6.94. The molecule has 2 aromatic rings. The van der Waals surface area contributed by atoms with Gasteiger partial charge < -0.3 is 15.8 Å². The van der Waals surface area contributed by atoms with Crippen molar-refractivity contribution in [1.29, 1.82) is 0 Å². The Kier molecular flexibility index (Phi) is 6.71. The number of nitrogens with two attached hydrogens (primary N) is 1. The number of nitrogens with one attached hydrogen (secondary N) is 2. The van der Waals surface area contributed by atoms with Crippen molar-refractivity contribution in [2.75, 3.05) is 18.5 Å². The first-order valence-electron chi connectivity index (χ1n) is 8.50. The molecule has 0 spiro atoms. The average molecular weight is 433 g/mol. The quantitative estimate of drug-likeness (QED) is 0.576. The zero-order valence-electron chi connectivity index (χ0n) is 16.3. The van der Waals surface area contributed by atoms with Gasteiger partial charge in [-0.3, -0.25) is 19.8 Å². The number of amides is 2. The minimum Gasteiger partial charge on any atom is -0.406 e. The van der Waals surface area contributed by atoms with E-state index in [0.717, 1.165) is 17.4 Å². The minimum absolute atomic E-state index is 0.212. The Labute approximate surface area is 169 Å². The standard InChI is InChI=1S/C17H22F3N5O3S/c1-9(26)22-13(24-16(2,3)8-21)14(27)25(4)15-23-11-6-5-10(7-12(11)29-15)28-17(18,19)20/h5-7,13,24H,8,21H2,1-4H3,(H,22,26). The molecule has 2 amide bonds. The van der Waals surface area contributed by atoms with Gasteiger partial charge in [0.1, 0.15) is 5.75 Å². The van der Waals surface area contributed by atoms with Crippen LogP contribution >= 0.6 is 11.3 Å². The number of halogens is 3. The maximum absolute atomic E-state index is 12.9. The van der Waals surface area contributed by atoms with E-state index >= 15 is 0 Å². The molecule has 1 atom stereocenters. The Balaban J connectivity index is 2.28.